The fraction of sp³-hybridized carbons (Fsp3) is 0.350. The van der Waals surface area contributed by atoms with Gasteiger partial charge in [0.25, 0.3) is 0 Å². The van der Waals surface area contributed by atoms with Gasteiger partial charge in [0.2, 0.25) is 0 Å². The molecule has 0 unspecified atom stereocenters. The Kier molecular flexibility index (Phi) is 8.46. The van der Waals surface area contributed by atoms with Crippen LogP contribution in [0.2, 0.25) is 0 Å². The summed E-state index contributed by atoms with van der Waals surface area (Å²) in [7, 11) is 0. The third-order valence-corrected chi connectivity index (χ3v) is 4.09. The minimum Gasteiger partial charge on any atom is -0.489 e. The van der Waals surface area contributed by atoms with Gasteiger partial charge in [-0.25, -0.2) is 0 Å². The second-order valence-corrected chi connectivity index (χ2v) is 6.16. The molecular weight excluding hydrogens is 338 g/mol. The van der Waals surface area contributed by atoms with Crippen molar-refractivity contribution in [3.8, 4) is 5.75 Å². The Labute approximate surface area is 155 Å². The highest BCUT2D eigenvalue weighted by atomic mass is 35.5. The van der Waals surface area contributed by atoms with Crippen LogP contribution in [0.1, 0.15) is 37.3 Å². The van der Waals surface area contributed by atoms with Crippen LogP contribution in [-0.2, 0) is 17.8 Å². The second kappa shape index (κ2) is 10.1. The highest BCUT2D eigenvalue weighted by Gasteiger charge is 2.33. The molecule has 25 heavy (non-hydrogen) atoms. The number of hydrogen-bond donors (Lipinski definition) is 2. The zero-order chi connectivity index (χ0) is 17.4. The first-order chi connectivity index (χ1) is 11.5. The number of carboxylic acid groups (broad SMARTS) is 1. The highest BCUT2D eigenvalue weighted by Crippen LogP contribution is 2.21. The standard InChI is InChI=1S/C20H25NO3.ClH/c1-2-3-13-20(21,19(22)23)14-16-9-11-18(12-10-16)24-15-17-7-5-4-6-8-17;/h4-12H,2-3,13-15,21H2,1H3,(H,22,23);1H/t20-;/m1./s1. The van der Waals surface area contributed by atoms with Gasteiger partial charge < -0.3 is 15.6 Å². The monoisotopic (exact) mass is 363 g/mol. The number of ether oxygens (including phenoxy) is 1. The van der Waals surface area contributed by atoms with Gasteiger partial charge in [-0.1, -0.05) is 62.2 Å². The molecule has 0 aliphatic carbocycles. The Morgan fingerprint density at radius 1 is 1.08 bits per heavy atom. The van der Waals surface area contributed by atoms with Crippen LogP contribution in [0.25, 0.3) is 0 Å². The van der Waals surface area contributed by atoms with Gasteiger partial charge in [0, 0.05) is 6.42 Å². The van der Waals surface area contributed by atoms with E-state index in [1.54, 1.807) is 0 Å². The molecule has 0 amide bonds. The molecule has 0 saturated heterocycles. The van der Waals surface area contributed by atoms with Gasteiger partial charge in [0.05, 0.1) is 0 Å². The normalized spacial score (nSPS) is 12.7. The third-order valence-electron chi connectivity index (χ3n) is 4.09. The summed E-state index contributed by atoms with van der Waals surface area (Å²) in [5, 5.41) is 9.44. The van der Waals surface area contributed by atoms with Crippen molar-refractivity contribution in [2.75, 3.05) is 0 Å². The van der Waals surface area contributed by atoms with Crippen LogP contribution >= 0.6 is 12.4 Å². The zero-order valence-electron chi connectivity index (χ0n) is 14.5. The maximum Gasteiger partial charge on any atom is 0.324 e. The number of rotatable bonds is 9. The summed E-state index contributed by atoms with van der Waals surface area (Å²) in [4.78, 5) is 11.5. The molecule has 136 valence electrons. The Morgan fingerprint density at radius 2 is 1.72 bits per heavy atom. The van der Waals surface area contributed by atoms with Crippen LogP contribution in [0.5, 0.6) is 5.75 Å². The molecule has 5 heteroatoms. The van der Waals surface area contributed by atoms with Crippen molar-refractivity contribution in [2.24, 2.45) is 5.73 Å². The molecule has 0 fully saturated rings. The number of unbranched alkanes of at least 4 members (excludes halogenated alkanes) is 1. The number of carboxylic acids is 1. The van der Waals surface area contributed by atoms with E-state index in [2.05, 4.69) is 0 Å². The van der Waals surface area contributed by atoms with Crippen LogP contribution < -0.4 is 10.5 Å². The Bertz CT molecular complexity index is 646. The Balaban J connectivity index is 0.00000312. The largest absolute Gasteiger partial charge is 0.489 e. The second-order valence-electron chi connectivity index (χ2n) is 6.16. The molecule has 0 radical (unpaired) electrons. The summed E-state index contributed by atoms with van der Waals surface area (Å²) < 4.78 is 5.74. The van der Waals surface area contributed by atoms with E-state index in [9.17, 15) is 9.90 Å². The SMILES string of the molecule is CCCC[C@@](N)(Cc1ccc(OCc2ccccc2)cc1)C(=O)O.Cl. The summed E-state index contributed by atoms with van der Waals surface area (Å²) in [5.74, 6) is -0.186. The predicted octanol–water partition coefficient (Wildman–Crippen LogP) is 4.20. The minimum atomic E-state index is -1.21. The predicted molar refractivity (Wildman–Crippen MR) is 102 cm³/mol. The van der Waals surface area contributed by atoms with E-state index in [1.807, 2.05) is 61.5 Å². The number of benzene rings is 2. The molecule has 0 spiro atoms. The van der Waals surface area contributed by atoms with Gasteiger partial charge in [0.1, 0.15) is 17.9 Å². The third kappa shape index (κ3) is 6.40. The van der Waals surface area contributed by atoms with E-state index in [-0.39, 0.29) is 12.4 Å². The number of halogens is 1. The number of carbonyl (C=O) groups is 1. The number of aliphatic carboxylic acids is 1. The van der Waals surface area contributed by atoms with Crippen LogP contribution in [0.4, 0.5) is 0 Å². The van der Waals surface area contributed by atoms with Gasteiger partial charge >= 0.3 is 5.97 Å². The minimum absolute atomic E-state index is 0. The smallest absolute Gasteiger partial charge is 0.324 e. The van der Waals surface area contributed by atoms with Crippen LogP contribution in [0.15, 0.2) is 54.6 Å². The summed E-state index contributed by atoms with van der Waals surface area (Å²) in [6, 6.07) is 17.4. The number of nitrogens with two attached hydrogens (primary N) is 1. The van der Waals surface area contributed by atoms with Crippen molar-refractivity contribution in [1.29, 1.82) is 0 Å². The van der Waals surface area contributed by atoms with E-state index < -0.39 is 11.5 Å². The summed E-state index contributed by atoms with van der Waals surface area (Å²) in [6.07, 6.45) is 2.53. The van der Waals surface area contributed by atoms with Crippen molar-refractivity contribution in [1.82, 2.24) is 0 Å². The Morgan fingerprint density at radius 3 is 2.28 bits per heavy atom. The van der Waals surface area contributed by atoms with Crippen molar-refractivity contribution in [3.05, 3.63) is 65.7 Å². The quantitative estimate of drug-likeness (QED) is 0.700. The molecule has 0 heterocycles. The number of hydrogen-bond acceptors (Lipinski definition) is 3. The fourth-order valence-electron chi connectivity index (χ4n) is 2.57. The van der Waals surface area contributed by atoms with E-state index in [1.165, 1.54) is 0 Å². The lowest BCUT2D eigenvalue weighted by Crippen LogP contribution is -2.49. The van der Waals surface area contributed by atoms with Crippen molar-refractivity contribution in [3.63, 3.8) is 0 Å². The molecular formula is C20H26ClNO3. The highest BCUT2D eigenvalue weighted by molar-refractivity contribution is 5.85. The van der Waals surface area contributed by atoms with Gasteiger partial charge in [-0.3, -0.25) is 4.79 Å². The first kappa shape index (κ1) is 21.0. The van der Waals surface area contributed by atoms with Crippen molar-refractivity contribution < 1.29 is 14.6 Å². The maximum atomic E-state index is 11.5. The van der Waals surface area contributed by atoms with Gasteiger partial charge in [-0.15, -0.1) is 12.4 Å². The topological polar surface area (TPSA) is 72.5 Å². The maximum absolute atomic E-state index is 11.5. The summed E-state index contributed by atoms with van der Waals surface area (Å²) in [6.45, 7) is 2.54. The molecule has 4 nitrogen and oxygen atoms in total. The van der Waals surface area contributed by atoms with Crippen molar-refractivity contribution >= 4 is 18.4 Å². The average Bonchev–Trinajstić information content (AvgIpc) is 2.60. The van der Waals surface area contributed by atoms with Crippen LogP contribution in [0, 0.1) is 0 Å². The van der Waals surface area contributed by atoms with Gasteiger partial charge in [0.15, 0.2) is 0 Å². The molecule has 0 saturated carbocycles. The first-order valence-electron chi connectivity index (χ1n) is 8.31. The van der Waals surface area contributed by atoms with E-state index in [0.717, 1.165) is 29.7 Å². The first-order valence-corrected chi connectivity index (χ1v) is 8.31. The molecule has 0 bridgehead atoms. The fourth-order valence-corrected chi connectivity index (χ4v) is 2.57. The molecule has 2 aromatic carbocycles. The van der Waals surface area contributed by atoms with Gasteiger partial charge in [-0.2, -0.15) is 0 Å². The van der Waals surface area contributed by atoms with E-state index in [4.69, 9.17) is 10.5 Å². The van der Waals surface area contributed by atoms with Crippen LogP contribution in [0.3, 0.4) is 0 Å². The molecule has 0 aliphatic heterocycles. The lowest BCUT2D eigenvalue weighted by molar-refractivity contribution is -0.143. The van der Waals surface area contributed by atoms with E-state index in [0.29, 0.717) is 19.4 Å². The molecule has 3 N–H and O–H groups in total. The molecule has 1 atom stereocenters. The van der Waals surface area contributed by atoms with Crippen molar-refractivity contribution in [2.45, 2.75) is 44.8 Å². The van der Waals surface area contributed by atoms with Gasteiger partial charge in [-0.05, 0) is 29.7 Å². The summed E-state index contributed by atoms with van der Waals surface area (Å²) in [5.41, 5.74) is 6.91. The van der Waals surface area contributed by atoms with E-state index >= 15 is 0 Å². The average molecular weight is 364 g/mol. The summed E-state index contributed by atoms with van der Waals surface area (Å²) >= 11 is 0. The van der Waals surface area contributed by atoms with Crippen LogP contribution in [-0.4, -0.2) is 16.6 Å². The lowest BCUT2D eigenvalue weighted by Gasteiger charge is -2.24. The molecule has 0 aromatic heterocycles. The zero-order valence-corrected chi connectivity index (χ0v) is 15.3. The molecule has 0 aliphatic rings. The lowest BCUT2D eigenvalue weighted by atomic mass is 9.87. The molecule has 2 rings (SSSR count). The molecule has 2 aromatic rings. The Hall–Kier alpha value is -2.04.